The van der Waals surface area contributed by atoms with E-state index < -0.39 is 0 Å². The van der Waals surface area contributed by atoms with Crippen molar-refractivity contribution < 1.29 is 0 Å². The zero-order chi connectivity index (χ0) is 11.0. The van der Waals surface area contributed by atoms with Crippen LogP contribution in [0.3, 0.4) is 0 Å². The number of nitrogens with one attached hydrogen (secondary N) is 1. The van der Waals surface area contributed by atoms with Crippen LogP contribution in [0.2, 0.25) is 0 Å². The number of para-hydroxylation sites is 1. The summed E-state index contributed by atoms with van der Waals surface area (Å²) in [7, 11) is 1.89. The van der Waals surface area contributed by atoms with Crippen molar-refractivity contribution in [3.63, 3.8) is 0 Å². The van der Waals surface area contributed by atoms with Gasteiger partial charge in [-0.2, -0.15) is 0 Å². The van der Waals surface area contributed by atoms with Gasteiger partial charge in [-0.25, -0.2) is 0 Å². The van der Waals surface area contributed by atoms with E-state index in [1.165, 1.54) is 0 Å². The zero-order valence-corrected chi connectivity index (χ0v) is 9.46. The maximum Gasteiger partial charge on any atom is 0.0431 e. The minimum absolute atomic E-state index is 0.806. The Bertz CT molecular complexity index is 290. The Hall–Kier alpha value is -1.44. The first-order chi connectivity index (χ1) is 6.79. The van der Waals surface area contributed by atoms with Gasteiger partial charge in [-0.05, 0) is 13.0 Å². The van der Waals surface area contributed by atoms with Gasteiger partial charge in [0.25, 0.3) is 0 Å². The molecule has 0 saturated carbocycles. The summed E-state index contributed by atoms with van der Waals surface area (Å²) in [6.45, 7) is 5.93. The summed E-state index contributed by atoms with van der Waals surface area (Å²) in [5.41, 5.74) is 8.72. The van der Waals surface area contributed by atoms with Gasteiger partial charge < -0.3 is 11.1 Å². The van der Waals surface area contributed by atoms with Crippen LogP contribution in [-0.4, -0.2) is 7.05 Å². The maximum atomic E-state index is 5.79. The van der Waals surface area contributed by atoms with Crippen LogP contribution in [0.4, 0.5) is 5.69 Å². The molecule has 0 bridgehead atoms. The van der Waals surface area contributed by atoms with Gasteiger partial charge in [-0.15, -0.1) is 0 Å². The summed E-state index contributed by atoms with van der Waals surface area (Å²) in [6.07, 6.45) is 1.90. The Balaban J connectivity index is 0.000000791. The highest BCUT2D eigenvalue weighted by Gasteiger charge is 1.99. The number of rotatable bonds is 2. The van der Waals surface area contributed by atoms with Crippen molar-refractivity contribution in [1.29, 1.82) is 0 Å². The third kappa shape index (κ3) is 3.13. The molecule has 1 aromatic rings. The number of allylic oxidation sites excluding steroid dienone is 1. The lowest BCUT2D eigenvalue weighted by atomic mass is 10.1. The predicted molar refractivity (Wildman–Crippen MR) is 65.2 cm³/mol. The first kappa shape index (κ1) is 12.6. The molecule has 1 rings (SSSR count). The lowest BCUT2D eigenvalue weighted by molar-refractivity contribution is 1.43. The maximum absolute atomic E-state index is 5.79. The molecule has 3 N–H and O–H groups in total. The summed E-state index contributed by atoms with van der Waals surface area (Å²) >= 11 is 0. The molecular formula is C12H20N2. The van der Waals surface area contributed by atoms with Gasteiger partial charge in [0.2, 0.25) is 0 Å². The molecule has 0 aliphatic carbocycles. The number of hydrogen-bond donors (Lipinski definition) is 2. The minimum Gasteiger partial charge on any atom is -0.398 e. The molecule has 0 radical (unpaired) electrons. The van der Waals surface area contributed by atoms with Crippen molar-refractivity contribution >= 4 is 11.4 Å². The molecule has 0 atom stereocenters. The van der Waals surface area contributed by atoms with Gasteiger partial charge in [0.1, 0.15) is 0 Å². The third-order valence-corrected chi connectivity index (χ3v) is 1.82. The quantitative estimate of drug-likeness (QED) is 0.755. The summed E-state index contributed by atoms with van der Waals surface area (Å²) in [4.78, 5) is 0. The normalized spacial score (nSPS) is 10.1. The Morgan fingerprint density at radius 3 is 2.36 bits per heavy atom. The molecule has 0 unspecified atom stereocenters. The number of nitrogens with two attached hydrogens (primary N) is 1. The van der Waals surface area contributed by atoms with Crippen LogP contribution >= 0.6 is 0 Å². The molecule has 2 nitrogen and oxygen atoms in total. The topological polar surface area (TPSA) is 38.0 Å². The fourth-order valence-corrected chi connectivity index (χ4v) is 1.11. The molecular weight excluding hydrogens is 172 g/mol. The fourth-order valence-electron chi connectivity index (χ4n) is 1.11. The molecule has 0 aliphatic heterocycles. The largest absolute Gasteiger partial charge is 0.398 e. The second kappa shape index (κ2) is 7.01. The fraction of sp³-hybridized carbons (Fsp3) is 0.333. The number of anilines is 1. The highest BCUT2D eigenvalue weighted by Crippen LogP contribution is 2.19. The number of benzene rings is 1. The number of hydrogen-bond acceptors (Lipinski definition) is 2. The predicted octanol–water partition coefficient (Wildman–Crippen LogP) is 3.07. The van der Waals surface area contributed by atoms with Gasteiger partial charge in [0, 0.05) is 24.0 Å². The minimum atomic E-state index is 0.806. The molecule has 0 amide bonds. The first-order valence-corrected chi connectivity index (χ1v) is 4.98. The average molecular weight is 192 g/mol. The molecule has 0 saturated heterocycles. The van der Waals surface area contributed by atoms with Gasteiger partial charge in [-0.3, -0.25) is 0 Å². The summed E-state index contributed by atoms with van der Waals surface area (Å²) < 4.78 is 0. The van der Waals surface area contributed by atoms with E-state index in [9.17, 15) is 0 Å². The van der Waals surface area contributed by atoms with Gasteiger partial charge in [-0.1, -0.05) is 38.1 Å². The first-order valence-electron chi connectivity index (χ1n) is 4.98. The van der Waals surface area contributed by atoms with Crippen molar-refractivity contribution in [1.82, 2.24) is 0 Å². The third-order valence-electron chi connectivity index (χ3n) is 1.82. The SMILES string of the molecule is C/C=C(/N)c1ccccc1NC.CC. The van der Waals surface area contributed by atoms with Gasteiger partial charge in [0.05, 0.1) is 0 Å². The molecule has 2 heteroatoms. The lowest BCUT2D eigenvalue weighted by Gasteiger charge is -2.07. The molecule has 0 fully saturated rings. The molecule has 78 valence electrons. The van der Waals surface area contributed by atoms with Gasteiger partial charge in [0.15, 0.2) is 0 Å². The van der Waals surface area contributed by atoms with E-state index in [-0.39, 0.29) is 0 Å². The van der Waals surface area contributed by atoms with Crippen molar-refractivity contribution in [2.75, 3.05) is 12.4 Å². The van der Waals surface area contributed by atoms with E-state index in [4.69, 9.17) is 5.73 Å². The second-order valence-electron chi connectivity index (χ2n) is 2.54. The van der Waals surface area contributed by atoms with Crippen LogP contribution in [-0.2, 0) is 0 Å². The summed E-state index contributed by atoms with van der Waals surface area (Å²) in [5, 5.41) is 3.09. The second-order valence-corrected chi connectivity index (χ2v) is 2.54. The van der Waals surface area contributed by atoms with Crippen molar-refractivity contribution in [3.05, 3.63) is 35.9 Å². The van der Waals surface area contributed by atoms with Crippen LogP contribution in [0.15, 0.2) is 30.3 Å². The Morgan fingerprint density at radius 2 is 1.86 bits per heavy atom. The van der Waals surface area contributed by atoms with Crippen LogP contribution in [0.1, 0.15) is 26.3 Å². The molecule has 0 aromatic heterocycles. The molecule has 0 aliphatic rings. The van der Waals surface area contributed by atoms with Crippen molar-refractivity contribution in [2.45, 2.75) is 20.8 Å². The Morgan fingerprint density at radius 1 is 1.29 bits per heavy atom. The van der Waals surface area contributed by atoms with E-state index in [0.29, 0.717) is 0 Å². The van der Waals surface area contributed by atoms with Crippen molar-refractivity contribution in [2.24, 2.45) is 5.73 Å². The van der Waals surface area contributed by atoms with Crippen LogP contribution in [0, 0.1) is 0 Å². The van der Waals surface area contributed by atoms with Gasteiger partial charge >= 0.3 is 0 Å². The Kier molecular flexibility index (Phi) is 6.29. The highest BCUT2D eigenvalue weighted by atomic mass is 14.8. The van der Waals surface area contributed by atoms with E-state index in [1.54, 1.807) is 0 Å². The highest BCUT2D eigenvalue weighted by molar-refractivity contribution is 5.74. The zero-order valence-electron chi connectivity index (χ0n) is 9.46. The Labute approximate surface area is 86.8 Å². The average Bonchev–Trinajstić information content (AvgIpc) is 2.30. The van der Waals surface area contributed by atoms with E-state index in [2.05, 4.69) is 5.32 Å². The lowest BCUT2D eigenvalue weighted by Crippen LogP contribution is -2.00. The summed E-state index contributed by atoms with van der Waals surface area (Å²) in [5.74, 6) is 0. The van der Waals surface area contributed by atoms with Crippen LogP contribution in [0.25, 0.3) is 5.70 Å². The van der Waals surface area contributed by atoms with E-state index in [0.717, 1.165) is 16.9 Å². The van der Waals surface area contributed by atoms with E-state index >= 15 is 0 Å². The molecule has 0 spiro atoms. The van der Waals surface area contributed by atoms with Crippen LogP contribution < -0.4 is 11.1 Å². The summed E-state index contributed by atoms with van der Waals surface area (Å²) in [6, 6.07) is 7.97. The molecule has 14 heavy (non-hydrogen) atoms. The van der Waals surface area contributed by atoms with Crippen molar-refractivity contribution in [3.8, 4) is 0 Å². The monoisotopic (exact) mass is 192 g/mol. The van der Waals surface area contributed by atoms with Crippen LogP contribution in [0.5, 0.6) is 0 Å². The molecule has 0 heterocycles. The smallest absolute Gasteiger partial charge is 0.0431 e. The molecule has 1 aromatic carbocycles. The standard InChI is InChI=1S/C10H14N2.C2H6/c1-3-9(11)8-6-4-5-7-10(8)12-2;1-2/h3-7,12H,11H2,1-2H3;1-2H3/b9-3+;. The van der Waals surface area contributed by atoms with E-state index in [1.807, 2.05) is 58.2 Å².